The first-order valence-electron chi connectivity index (χ1n) is 8.54. The van der Waals surface area contributed by atoms with Crippen molar-refractivity contribution in [2.24, 2.45) is 0 Å². The molecule has 1 aromatic heterocycles. The van der Waals surface area contributed by atoms with E-state index in [4.69, 9.17) is 0 Å². The molecule has 1 heterocycles. The normalized spacial score (nSPS) is 10.5. The number of rotatable bonds is 7. The molecule has 0 saturated heterocycles. The molecule has 0 fully saturated rings. The van der Waals surface area contributed by atoms with Gasteiger partial charge in [-0.15, -0.1) is 10.2 Å². The number of aryl methyl sites for hydroxylation is 1. The highest BCUT2D eigenvalue weighted by Crippen LogP contribution is 2.10. The zero-order valence-corrected chi connectivity index (χ0v) is 14.3. The van der Waals surface area contributed by atoms with E-state index in [0.29, 0.717) is 12.4 Å². The predicted molar refractivity (Wildman–Crippen MR) is 99.6 cm³/mol. The van der Waals surface area contributed by atoms with Crippen molar-refractivity contribution in [2.45, 2.75) is 19.3 Å². The molecule has 0 aliphatic rings. The van der Waals surface area contributed by atoms with Crippen LogP contribution in [0.1, 0.15) is 17.7 Å². The lowest BCUT2D eigenvalue weighted by atomic mass is 10.1. The number of carbonyl (C=O) groups excluding carboxylic acids is 1. The Morgan fingerprint density at radius 3 is 2.31 bits per heavy atom. The number of benzene rings is 2. The maximum atomic E-state index is 12.1. The Morgan fingerprint density at radius 2 is 1.62 bits per heavy atom. The van der Waals surface area contributed by atoms with Gasteiger partial charge in [0.05, 0.1) is 0 Å². The smallest absolute Gasteiger partial charge is 0.273 e. The van der Waals surface area contributed by atoms with Crippen LogP contribution in [0.3, 0.4) is 0 Å². The van der Waals surface area contributed by atoms with Gasteiger partial charge >= 0.3 is 0 Å². The summed E-state index contributed by atoms with van der Waals surface area (Å²) < 4.78 is 0. The third-order valence-electron chi connectivity index (χ3n) is 3.98. The largest absolute Gasteiger partial charge is 0.356 e. The fraction of sp³-hybridized carbons (Fsp3) is 0.200. The number of amides is 1. The van der Waals surface area contributed by atoms with Gasteiger partial charge in [-0.25, -0.2) is 0 Å². The second-order valence-corrected chi connectivity index (χ2v) is 5.90. The summed E-state index contributed by atoms with van der Waals surface area (Å²) in [6, 6.07) is 19.3. The Hall–Kier alpha value is -3.28. The van der Waals surface area contributed by atoms with Crippen LogP contribution in [0.4, 0.5) is 0 Å². The lowest BCUT2D eigenvalue weighted by molar-refractivity contribution is -0.121. The molecule has 0 unspecified atom stereocenters. The molecule has 0 spiro atoms. The molecule has 132 valence electrons. The van der Waals surface area contributed by atoms with E-state index in [1.807, 2.05) is 60.7 Å². The van der Waals surface area contributed by atoms with Crippen molar-refractivity contribution < 1.29 is 4.79 Å². The van der Waals surface area contributed by atoms with Crippen LogP contribution in [0, 0.1) is 0 Å². The zero-order chi connectivity index (χ0) is 18.2. The number of hydrogen-bond acceptors (Lipinski definition) is 4. The average molecular weight is 348 g/mol. The molecular formula is C20H20N4O2. The van der Waals surface area contributed by atoms with E-state index in [0.717, 1.165) is 12.0 Å². The quantitative estimate of drug-likeness (QED) is 0.685. The van der Waals surface area contributed by atoms with Gasteiger partial charge in [-0.2, -0.15) is 0 Å². The lowest BCUT2D eigenvalue weighted by Gasteiger charge is -2.05. The molecular weight excluding hydrogens is 328 g/mol. The minimum Gasteiger partial charge on any atom is -0.356 e. The molecule has 0 aliphatic heterocycles. The van der Waals surface area contributed by atoms with Gasteiger partial charge in [-0.05, 0) is 12.0 Å². The van der Waals surface area contributed by atoms with E-state index in [2.05, 4.69) is 20.5 Å². The Bertz CT molecular complexity index is 908. The van der Waals surface area contributed by atoms with E-state index in [1.165, 1.54) is 5.56 Å². The fourth-order valence-electron chi connectivity index (χ4n) is 2.56. The van der Waals surface area contributed by atoms with E-state index in [-0.39, 0.29) is 30.0 Å². The second-order valence-electron chi connectivity index (χ2n) is 5.90. The first-order chi connectivity index (χ1) is 12.7. The summed E-state index contributed by atoms with van der Waals surface area (Å²) in [5.74, 6) is 0.320. The SMILES string of the molecule is O=C(CCc1nnc(-c2ccccc2)[nH]c1=O)NCCc1ccccc1. The third-order valence-corrected chi connectivity index (χ3v) is 3.98. The van der Waals surface area contributed by atoms with Crippen molar-refractivity contribution in [3.8, 4) is 11.4 Å². The number of H-pyrrole nitrogens is 1. The maximum Gasteiger partial charge on any atom is 0.273 e. The van der Waals surface area contributed by atoms with Gasteiger partial charge in [0.25, 0.3) is 5.56 Å². The number of aromatic nitrogens is 3. The maximum absolute atomic E-state index is 12.1. The highest BCUT2D eigenvalue weighted by molar-refractivity contribution is 5.76. The zero-order valence-electron chi connectivity index (χ0n) is 14.3. The Balaban J connectivity index is 1.50. The van der Waals surface area contributed by atoms with E-state index in [9.17, 15) is 9.59 Å². The van der Waals surface area contributed by atoms with Crippen LogP contribution in [0.25, 0.3) is 11.4 Å². The molecule has 1 amide bonds. The van der Waals surface area contributed by atoms with Crippen LogP contribution in [0.2, 0.25) is 0 Å². The van der Waals surface area contributed by atoms with Gasteiger partial charge in [0.1, 0.15) is 5.69 Å². The van der Waals surface area contributed by atoms with Crippen LogP contribution in [0.15, 0.2) is 65.5 Å². The molecule has 0 radical (unpaired) electrons. The first-order valence-corrected chi connectivity index (χ1v) is 8.54. The third kappa shape index (κ3) is 4.86. The number of hydrogen-bond donors (Lipinski definition) is 2. The summed E-state index contributed by atoms with van der Waals surface area (Å²) in [5, 5.41) is 10.9. The Kier molecular flexibility index (Phi) is 5.88. The summed E-state index contributed by atoms with van der Waals surface area (Å²) in [6.45, 7) is 0.567. The molecule has 6 heteroatoms. The van der Waals surface area contributed by atoms with Gasteiger partial charge in [-0.3, -0.25) is 9.59 Å². The van der Waals surface area contributed by atoms with Gasteiger partial charge in [0, 0.05) is 24.9 Å². The van der Waals surface area contributed by atoms with Crippen molar-refractivity contribution >= 4 is 5.91 Å². The van der Waals surface area contributed by atoms with E-state index >= 15 is 0 Å². The van der Waals surface area contributed by atoms with Crippen LogP contribution in [-0.2, 0) is 17.6 Å². The summed E-state index contributed by atoms with van der Waals surface area (Å²) in [7, 11) is 0. The minimum atomic E-state index is -0.309. The van der Waals surface area contributed by atoms with Gasteiger partial charge < -0.3 is 10.3 Å². The van der Waals surface area contributed by atoms with Crippen molar-refractivity contribution in [2.75, 3.05) is 6.54 Å². The van der Waals surface area contributed by atoms with E-state index in [1.54, 1.807) is 0 Å². The molecule has 0 bridgehead atoms. The number of nitrogens with zero attached hydrogens (tertiary/aromatic N) is 2. The second kappa shape index (κ2) is 8.71. The van der Waals surface area contributed by atoms with Gasteiger partial charge in [0.15, 0.2) is 5.82 Å². The molecule has 0 atom stereocenters. The predicted octanol–water partition coefficient (Wildman–Crippen LogP) is 2.12. The molecule has 6 nitrogen and oxygen atoms in total. The average Bonchev–Trinajstić information content (AvgIpc) is 2.68. The Morgan fingerprint density at radius 1 is 0.923 bits per heavy atom. The highest BCUT2D eigenvalue weighted by atomic mass is 16.1. The lowest BCUT2D eigenvalue weighted by Crippen LogP contribution is -2.27. The summed E-state index contributed by atoms with van der Waals surface area (Å²) in [5.41, 5.74) is 1.92. The standard InChI is InChI=1S/C20H20N4O2/c25-18(21-14-13-15-7-3-1-4-8-15)12-11-17-20(26)22-19(24-23-17)16-9-5-2-6-10-16/h1-10H,11-14H2,(H,21,25)(H,22,24,26). The molecule has 0 aliphatic carbocycles. The molecule has 2 aromatic carbocycles. The highest BCUT2D eigenvalue weighted by Gasteiger charge is 2.09. The summed E-state index contributed by atoms with van der Waals surface area (Å²) in [4.78, 5) is 26.8. The van der Waals surface area contributed by atoms with Crippen LogP contribution in [0.5, 0.6) is 0 Å². The number of nitrogens with one attached hydrogen (secondary N) is 2. The van der Waals surface area contributed by atoms with E-state index < -0.39 is 0 Å². The van der Waals surface area contributed by atoms with Crippen LogP contribution in [-0.4, -0.2) is 27.6 Å². The van der Waals surface area contributed by atoms with Crippen molar-refractivity contribution in [1.29, 1.82) is 0 Å². The van der Waals surface area contributed by atoms with Gasteiger partial charge in [-0.1, -0.05) is 60.7 Å². The first kappa shape index (κ1) is 17.5. The Labute approximate surface area is 151 Å². The fourth-order valence-corrected chi connectivity index (χ4v) is 2.56. The topological polar surface area (TPSA) is 87.7 Å². The molecule has 26 heavy (non-hydrogen) atoms. The van der Waals surface area contributed by atoms with Crippen molar-refractivity contribution in [3.05, 3.63) is 82.3 Å². The molecule has 0 saturated carbocycles. The van der Waals surface area contributed by atoms with Crippen LogP contribution < -0.4 is 10.9 Å². The monoisotopic (exact) mass is 348 g/mol. The number of carbonyl (C=O) groups is 1. The minimum absolute atomic E-state index is 0.103. The van der Waals surface area contributed by atoms with Crippen molar-refractivity contribution in [3.63, 3.8) is 0 Å². The molecule has 2 N–H and O–H groups in total. The summed E-state index contributed by atoms with van der Waals surface area (Å²) >= 11 is 0. The van der Waals surface area contributed by atoms with Crippen molar-refractivity contribution in [1.82, 2.24) is 20.5 Å². The molecule has 3 rings (SSSR count). The van der Waals surface area contributed by atoms with Crippen LogP contribution >= 0.6 is 0 Å². The van der Waals surface area contributed by atoms with Gasteiger partial charge in [0.2, 0.25) is 5.91 Å². The number of aromatic amines is 1. The summed E-state index contributed by atoms with van der Waals surface area (Å²) in [6.07, 6.45) is 1.24. The molecule has 3 aromatic rings.